The van der Waals surface area contributed by atoms with E-state index >= 15 is 0 Å². The van der Waals surface area contributed by atoms with Gasteiger partial charge in [-0.05, 0) is 28.8 Å². The highest BCUT2D eigenvalue weighted by molar-refractivity contribution is 7.89. The number of aliphatic hydroxyl groups is 1. The van der Waals surface area contributed by atoms with Crippen molar-refractivity contribution in [1.29, 1.82) is 0 Å². The summed E-state index contributed by atoms with van der Waals surface area (Å²) in [5.74, 6) is 0.674. The maximum absolute atomic E-state index is 12.6. The number of nitrogens with zero attached hydrogens (tertiary/aromatic N) is 2. The Balaban J connectivity index is 1.35. The zero-order valence-corrected chi connectivity index (χ0v) is 19.8. The van der Waals surface area contributed by atoms with Gasteiger partial charge < -0.3 is 14.3 Å². The second-order valence-electron chi connectivity index (χ2n) is 8.14. The first-order valence-electron chi connectivity index (χ1n) is 11.1. The molecular weight excluding hydrogens is 456 g/mol. The van der Waals surface area contributed by atoms with E-state index in [2.05, 4.69) is 17.0 Å². The van der Waals surface area contributed by atoms with Crippen molar-refractivity contribution in [2.45, 2.75) is 38.1 Å². The van der Waals surface area contributed by atoms with Crippen LogP contribution in [0.5, 0.6) is 5.75 Å². The fourth-order valence-corrected chi connectivity index (χ4v) is 5.43. The standard InChI is InChI=1S/C25H28N2O6S/c1-2-27(11-12-28)34(30,31)23-9-7-19(8-10-23)17-33-25-18-32-22(13-24(25)29)16-26-14-20-5-3-4-6-21(20)15-26/h3-10,13,18,28H,2,11-12,14-17H2,1H3. The highest BCUT2D eigenvalue weighted by Crippen LogP contribution is 2.24. The molecule has 0 amide bonds. The Morgan fingerprint density at radius 1 is 1.09 bits per heavy atom. The van der Waals surface area contributed by atoms with E-state index in [1.165, 1.54) is 39.9 Å². The van der Waals surface area contributed by atoms with Crippen LogP contribution in [0.3, 0.4) is 0 Å². The summed E-state index contributed by atoms with van der Waals surface area (Å²) in [5.41, 5.74) is 3.03. The first-order valence-corrected chi connectivity index (χ1v) is 12.6. The summed E-state index contributed by atoms with van der Waals surface area (Å²) >= 11 is 0. The maximum Gasteiger partial charge on any atom is 0.243 e. The molecule has 0 radical (unpaired) electrons. The lowest BCUT2D eigenvalue weighted by atomic mass is 10.1. The molecule has 3 aromatic rings. The van der Waals surface area contributed by atoms with Crippen molar-refractivity contribution < 1.29 is 22.7 Å². The summed E-state index contributed by atoms with van der Waals surface area (Å²) in [6.45, 7) is 4.05. The van der Waals surface area contributed by atoms with E-state index in [9.17, 15) is 13.2 Å². The van der Waals surface area contributed by atoms with Crippen LogP contribution in [0.15, 0.2) is 75.0 Å². The molecule has 1 aliphatic heterocycles. The van der Waals surface area contributed by atoms with Crippen LogP contribution < -0.4 is 10.2 Å². The van der Waals surface area contributed by atoms with Crippen molar-refractivity contribution in [2.75, 3.05) is 19.7 Å². The van der Waals surface area contributed by atoms with Gasteiger partial charge in [0.05, 0.1) is 18.0 Å². The predicted octanol–water partition coefficient (Wildman–Crippen LogP) is 2.74. The smallest absolute Gasteiger partial charge is 0.243 e. The van der Waals surface area contributed by atoms with E-state index in [0.29, 0.717) is 17.9 Å². The van der Waals surface area contributed by atoms with Gasteiger partial charge in [0, 0.05) is 32.2 Å². The Labute approximate surface area is 199 Å². The summed E-state index contributed by atoms with van der Waals surface area (Å²) in [6.07, 6.45) is 1.33. The number of hydrogen-bond donors (Lipinski definition) is 1. The van der Waals surface area contributed by atoms with E-state index in [1.54, 1.807) is 19.1 Å². The lowest BCUT2D eigenvalue weighted by Gasteiger charge is -2.19. The Kier molecular flexibility index (Phi) is 7.47. The van der Waals surface area contributed by atoms with Crippen LogP contribution >= 0.6 is 0 Å². The summed E-state index contributed by atoms with van der Waals surface area (Å²) in [4.78, 5) is 14.8. The molecule has 1 aromatic heterocycles. The Morgan fingerprint density at radius 3 is 2.35 bits per heavy atom. The molecule has 180 valence electrons. The minimum absolute atomic E-state index is 0.0418. The van der Waals surface area contributed by atoms with Gasteiger partial charge in [-0.1, -0.05) is 43.3 Å². The van der Waals surface area contributed by atoms with Crippen molar-refractivity contribution in [3.63, 3.8) is 0 Å². The van der Waals surface area contributed by atoms with E-state index in [1.807, 2.05) is 12.1 Å². The van der Waals surface area contributed by atoms with Crippen LogP contribution in [-0.4, -0.2) is 42.4 Å². The highest BCUT2D eigenvalue weighted by atomic mass is 32.2. The number of aliphatic hydroxyl groups excluding tert-OH is 1. The first kappa shape index (κ1) is 24.2. The van der Waals surface area contributed by atoms with E-state index in [4.69, 9.17) is 14.3 Å². The second kappa shape index (κ2) is 10.5. The van der Waals surface area contributed by atoms with Gasteiger partial charge in [0.1, 0.15) is 18.6 Å². The molecular formula is C25H28N2O6S. The van der Waals surface area contributed by atoms with Gasteiger partial charge in [-0.3, -0.25) is 9.69 Å². The number of benzene rings is 2. The van der Waals surface area contributed by atoms with E-state index in [-0.39, 0.29) is 42.4 Å². The fourth-order valence-electron chi connectivity index (χ4n) is 3.99. The van der Waals surface area contributed by atoms with E-state index < -0.39 is 10.0 Å². The Morgan fingerprint density at radius 2 is 1.76 bits per heavy atom. The number of ether oxygens (including phenoxy) is 1. The Bertz CT molecular complexity index is 1260. The van der Waals surface area contributed by atoms with Crippen molar-refractivity contribution in [1.82, 2.24) is 9.21 Å². The van der Waals surface area contributed by atoms with Crippen molar-refractivity contribution in [3.8, 4) is 5.75 Å². The molecule has 0 atom stereocenters. The highest BCUT2D eigenvalue weighted by Gasteiger charge is 2.22. The molecule has 1 N–H and O–H groups in total. The van der Waals surface area contributed by atoms with Crippen LogP contribution in [-0.2, 0) is 36.3 Å². The molecule has 8 nitrogen and oxygen atoms in total. The molecule has 0 fully saturated rings. The lowest BCUT2D eigenvalue weighted by molar-refractivity contribution is 0.241. The molecule has 2 aromatic carbocycles. The number of rotatable bonds is 10. The Hall–Kier alpha value is -2.98. The molecule has 0 saturated heterocycles. The third-order valence-corrected chi connectivity index (χ3v) is 7.78. The molecule has 0 bridgehead atoms. The molecule has 9 heteroatoms. The van der Waals surface area contributed by atoms with Gasteiger partial charge in [0.2, 0.25) is 21.2 Å². The molecule has 0 saturated carbocycles. The molecule has 1 aliphatic rings. The summed E-state index contributed by atoms with van der Waals surface area (Å²) in [5, 5.41) is 9.09. The average Bonchev–Trinajstić information content (AvgIpc) is 3.24. The molecule has 0 aliphatic carbocycles. The summed E-state index contributed by atoms with van der Waals surface area (Å²) in [7, 11) is -3.67. The maximum atomic E-state index is 12.6. The normalized spacial score (nSPS) is 13.9. The largest absolute Gasteiger partial charge is 0.482 e. The second-order valence-corrected chi connectivity index (χ2v) is 10.1. The van der Waals surface area contributed by atoms with Crippen LogP contribution in [0.25, 0.3) is 0 Å². The average molecular weight is 485 g/mol. The quantitative estimate of drug-likeness (QED) is 0.472. The van der Waals surface area contributed by atoms with Gasteiger partial charge >= 0.3 is 0 Å². The van der Waals surface area contributed by atoms with Crippen molar-refractivity contribution >= 4 is 10.0 Å². The minimum atomic E-state index is -3.67. The van der Waals surface area contributed by atoms with Crippen molar-refractivity contribution in [2.24, 2.45) is 0 Å². The van der Waals surface area contributed by atoms with Gasteiger partial charge in [-0.25, -0.2) is 8.42 Å². The SMILES string of the molecule is CCN(CCO)S(=O)(=O)c1ccc(COc2coc(CN3Cc4ccccc4C3)cc2=O)cc1. The summed E-state index contributed by atoms with van der Waals surface area (Å²) < 4.78 is 37.7. The van der Waals surface area contributed by atoms with Gasteiger partial charge in [-0.2, -0.15) is 4.31 Å². The summed E-state index contributed by atoms with van der Waals surface area (Å²) in [6, 6.07) is 16.0. The van der Waals surface area contributed by atoms with Crippen LogP contribution in [0.2, 0.25) is 0 Å². The monoisotopic (exact) mass is 484 g/mol. The fraction of sp³-hybridized carbons (Fsp3) is 0.320. The van der Waals surface area contributed by atoms with Crippen molar-refractivity contribution in [3.05, 3.63) is 93.5 Å². The van der Waals surface area contributed by atoms with Gasteiger partial charge in [0.25, 0.3) is 0 Å². The topological polar surface area (TPSA) is 100 Å². The zero-order chi connectivity index (χ0) is 24.1. The van der Waals surface area contributed by atoms with Crippen LogP contribution in [0, 0.1) is 0 Å². The van der Waals surface area contributed by atoms with E-state index in [0.717, 1.165) is 13.1 Å². The molecule has 0 spiro atoms. The number of fused-ring (bicyclic) bond motifs is 1. The number of sulfonamides is 1. The lowest BCUT2D eigenvalue weighted by Crippen LogP contribution is -2.33. The third-order valence-electron chi connectivity index (χ3n) is 5.80. The minimum Gasteiger partial charge on any atom is -0.482 e. The zero-order valence-electron chi connectivity index (χ0n) is 19.0. The number of likely N-dealkylation sites (N-methyl/N-ethyl adjacent to an activating group) is 1. The first-order chi connectivity index (χ1) is 16.4. The molecule has 4 rings (SSSR count). The van der Waals surface area contributed by atoms with Crippen LogP contribution in [0.1, 0.15) is 29.4 Å². The molecule has 34 heavy (non-hydrogen) atoms. The number of hydrogen-bond acceptors (Lipinski definition) is 7. The van der Waals surface area contributed by atoms with Gasteiger partial charge in [-0.15, -0.1) is 0 Å². The molecule has 2 heterocycles. The molecule has 0 unspecified atom stereocenters. The van der Waals surface area contributed by atoms with Gasteiger partial charge in [0.15, 0.2) is 0 Å². The predicted molar refractivity (Wildman–Crippen MR) is 127 cm³/mol. The van der Waals surface area contributed by atoms with Crippen LogP contribution in [0.4, 0.5) is 0 Å². The third kappa shape index (κ3) is 5.39.